The zero-order valence-corrected chi connectivity index (χ0v) is 12.5. The minimum absolute atomic E-state index is 0.152. The van der Waals surface area contributed by atoms with Crippen LogP contribution in [0.25, 0.3) is 0 Å². The summed E-state index contributed by atoms with van der Waals surface area (Å²) in [6.45, 7) is 6.93. The lowest BCUT2D eigenvalue weighted by atomic mass is 9.87. The van der Waals surface area contributed by atoms with Crippen molar-refractivity contribution >= 4 is 12.6 Å². The minimum Gasteiger partial charge on any atom is -0.740 e. The van der Waals surface area contributed by atoms with Crippen molar-refractivity contribution in [1.82, 2.24) is 14.8 Å². The molecule has 0 unspecified atom stereocenters. The quantitative estimate of drug-likeness (QED) is 0.808. The van der Waals surface area contributed by atoms with Gasteiger partial charge in [0.05, 0.1) is 0 Å². The van der Waals surface area contributed by atoms with E-state index in [0.29, 0.717) is 11.8 Å². The molecule has 1 aromatic heterocycles. The van der Waals surface area contributed by atoms with E-state index in [1.165, 1.54) is 5.56 Å². The fourth-order valence-electron chi connectivity index (χ4n) is 1.67. The zero-order valence-electron chi connectivity index (χ0n) is 11.7. The van der Waals surface area contributed by atoms with Crippen molar-refractivity contribution in [2.24, 2.45) is 7.05 Å². The topological polar surface area (TPSA) is 39.9 Å². The van der Waals surface area contributed by atoms with E-state index in [4.69, 9.17) is 17.4 Å². The van der Waals surface area contributed by atoms with E-state index < -0.39 is 0 Å². The first-order chi connectivity index (χ1) is 8.88. The summed E-state index contributed by atoms with van der Waals surface area (Å²) in [5.41, 5.74) is 1.44. The highest BCUT2D eigenvalue weighted by atomic mass is 32.1. The van der Waals surface area contributed by atoms with Crippen LogP contribution in [0.5, 0.6) is 5.75 Å². The standard InChI is InChI=1S/C14H19N3OS/c1-14(2,3)10-5-7-11(8-6-10)18-9-12-15-16-13(19)17(12)4/h5-8H,9H2,1-4H3,(H,16,19)/p-1. The summed E-state index contributed by atoms with van der Waals surface area (Å²) in [5.74, 6) is 1.55. The molecule has 0 amide bonds. The lowest BCUT2D eigenvalue weighted by Crippen LogP contribution is -2.10. The molecular formula is C14H18N3OS-. The molecule has 102 valence electrons. The molecule has 0 atom stereocenters. The van der Waals surface area contributed by atoms with Gasteiger partial charge < -0.3 is 21.9 Å². The molecule has 1 heterocycles. The maximum absolute atomic E-state index is 5.68. The van der Waals surface area contributed by atoms with Gasteiger partial charge in [-0.3, -0.25) is 0 Å². The van der Waals surface area contributed by atoms with Crippen LogP contribution >= 0.6 is 0 Å². The van der Waals surface area contributed by atoms with Gasteiger partial charge in [-0.1, -0.05) is 32.9 Å². The Morgan fingerprint density at radius 1 is 1.16 bits per heavy atom. The molecule has 0 saturated heterocycles. The highest BCUT2D eigenvalue weighted by molar-refractivity contribution is 7.58. The van der Waals surface area contributed by atoms with E-state index in [2.05, 4.69) is 43.1 Å². The second-order valence-electron chi connectivity index (χ2n) is 5.52. The second-order valence-corrected chi connectivity index (χ2v) is 5.89. The van der Waals surface area contributed by atoms with Gasteiger partial charge in [-0.2, -0.15) is 5.10 Å². The fraction of sp³-hybridized carbons (Fsp3) is 0.429. The number of hydrogen-bond acceptors (Lipinski definition) is 4. The largest absolute Gasteiger partial charge is 0.740 e. The Kier molecular flexibility index (Phi) is 3.75. The predicted molar refractivity (Wildman–Crippen MR) is 76.1 cm³/mol. The number of rotatable bonds is 3. The molecule has 0 fully saturated rings. The first-order valence-corrected chi connectivity index (χ1v) is 6.57. The average Bonchev–Trinajstić information content (AvgIpc) is 2.67. The number of nitrogens with zero attached hydrogens (tertiary/aromatic N) is 3. The Labute approximate surface area is 119 Å². The molecule has 5 heteroatoms. The van der Waals surface area contributed by atoms with Crippen molar-refractivity contribution in [1.29, 1.82) is 0 Å². The summed E-state index contributed by atoms with van der Waals surface area (Å²) in [5, 5.41) is 8.27. The molecule has 0 aliphatic carbocycles. The summed E-state index contributed by atoms with van der Waals surface area (Å²) in [7, 11) is 1.84. The molecule has 0 N–H and O–H groups in total. The van der Waals surface area contributed by atoms with Gasteiger partial charge in [-0.25, -0.2) is 0 Å². The third-order valence-corrected chi connectivity index (χ3v) is 3.37. The molecule has 0 radical (unpaired) electrons. The van der Waals surface area contributed by atoms with Crippen LogP contribution in [-0.2, 0) is 31.7 Å². The van der Waals surface area contributed by atoms with E-state index in [1.54, 1.807) is 4.57 Å². The predicted octanol–water partition coefficient (Wildman–Crippen LogP) is 2.60. The van der Waals surface area contributed by atoms with Gasteiger partial charge in [0.15, 0.2) is 5.82 Å². The first-order valence-electron chi connectivity index (χ1n) is 6.16. The molecule has 4 nitrogen and oxygen atoms in total. The molecule has 2 rings (SSSR count). The van der Waals surface area contributed by atoms with Gasteiger partial charge in [0.25, 0.3) is 0 Å². The Morgan fingerprint density at radius 3 is 2.26 bits per heavy atom. The van der Waals surface area contributed by atoms with Crippen LogP contribution in [0.15, 0.2) is 29.4 Å². The van der Waals surface area contributed by atoms with E-state index >= 15 is 0 Å². The molecule has 0 aliphatic rings. The molecular weight excluding hydrogens is 258 g/mol. The molecule has 0 aliphatic heterocycles. The second kappa shape index (κ2) is 5.17. The van der Waals surface area contributed by atoms with Gasteiger partial charge >= 0.3 is 0 Å². The summed E-state index contributed by atoms with van der Waals surface area (Å²) in [6.07, 6.45) is 0. The van der Waals surface area contributed by atoms with E-state index in [-0.39, 0.29) is 5.41 Å². The minimum atomic E-state index is 0.152. The highest BCUT2D eigenvalue weighted by Crippen LogP contribution is 2.24. The van der Waals surface area contributed by atoms with Crippen LogP contribution in [0.3, 0.4) is 0 Å². The normalized spacial score (nSPS) is 11.6. The van der Waals surface area contributed by atoms with Crippen molar-refractivity contribution in [3.05, 3.63) is 35.7 Å². The molecule has 1 aromatic carbocycles. The zero-order chi connectivity index (χ0) is 14.0. The van der Waals surface area contributed by atoms with Crippen LogP contribution in [0.4, 0.5) is 0 Å². The van der Waals surface area contributed by atoms with Crippen molar-refractivity contribution in [3.8, 4) is 5.75 Å². The highest BCUT2D eigenvalue weighted by Gasteiger charge is 2.13. The van der Waals surface area contributed by atoms with E-state index in [9.17, 15) is 0 Å². The van der Waals surface area contributed by atoms with Crippen molar-refractivity contribution in [3.63, 3.8) is 0 Å². The first kappa shape index (κ1) is 13.8. The summed E-state index contributed by atoms with van der Waals surface area (Å²) in [4.78, 5) is 0. The van der Waals surface area contributed by atoms with E-state index in [0.717, 1.165) is 11.6 Å². The molecule has 0 spiro atoms. The van der Waals surface area contributed by atoms with E-state index in [1.807, 2.05) is 19.2 Å². The monoisotopic (exact) mass is 276 g/mol. The third kappa shape index (κ3) is 3.23. The smallest absolute Gasteiger partial charge is 0.169 e. The van der Waals surface area contributed by atoms with Gasteiger partial charge in [0, 0.05) is 12.2 Å². The van der Waals surface area contributed by atoms with Gasteiger partial charge in [0.2, 0.25) is 0 Å². The lowest BCUT2D eigenvalue weighted by molar-refractivity contribution is 0.290. The van der Waals surface area contributed by atoms with Crippen molar-refractivity contribution in [2.45, 2.75) is 37.9 Å². The molecule has 2 aromatic rings. The Morgan fingerprint density at radius 2 is 1.79 bits per heavy atom. The summed E-state index contributed by atoms with van der Waals surface area (Å²) < 4.78 is 7.43. The Hall–Kier alpha value is -1.62. The average molecular weight is 276 g/mol. The third-order valence-electron chi connectivity index (χ3n) is 3.01. The molecule has 0 saturated carbocycles. The number of benzene rings is 1. The summed E-state index contributed by atoms with van der Waals surface area (Å²) in [6, 6.07) is 8.13. The van der Waals surface area contributed by atoms with Crippen LogP contribution < -0.4 is 4.74 Å². The fourth-order valence-corrected chi connectivity index (χ4v) is 1.82. The number of ether oxygens (including phenoxy) is 1. The van der Waals surface area contributed by atoms with Crippen molar-refractivity contribution < 1.29 is 4.74 Å². The maximum atomic E-state index is 5.68. The summed E-state index contributed by atoms with van der Waals surface area (Å²) >= 11 is 5.00. The van der Waals surface area contributed by atoms with Gasteiger partial charge in [0.1, 0.15) is 12.4 Å². The Balaban J connectivity index is 2.03. The van der Waals surface area contributed by atoms with Crippen molar-refractivity contribution in [2.75, 3.05) is 0 Å². The number of hydrogen-bond donors (Lipinski definition) is 0. The molecule has 19 heavy (non-hydrogen) atoms. The Bertz CT molecular complexity index is 555. The van der Waals surface area contributed by atoms with Gasteiger partial charge in [-0.05, 0) is 23.1 Å². The van der Waals surface area contributed by atoms with Crippen LogP contribution in [0.1, 0.15) is 32.2 Å². The van der Waals surface area contributed by atoms with Crippen LogP contribution in [-0.4, -0.2) is 14.8 Å². The number of aromatic nitrogens is 3. The van der Waals surface area contributed by atoms with Crippen LogP contribution in [0.2, 0.25) is 0 Å². The molecule has 0 bridgehead atoms. The maximum Gasteiger partial charge on any atom is 0.169 e. The SMILES string of the molecule is Cn1c([S-])nnc1COc1ccc(C(C)(C)C)cc1. The van der Waals surface area contributed by atoms with Crippen LogP contribution in [0, 0.1) is 0 Å². The van der Waals surface area contributed by atoms with Gasteiger partial charge in [-0.15, -0.1) is 5.10 Å². The lowest BCUT2D eigenvalue weighted by Gasteiger charge is -2.19.